The maximum Gasteiger partial charge on any atom is 0.253 e. The summed E-state index contributed by atoms with van der Waals surface area (Å²) in [6.45, 7) is 3.40. The second-order valence-electron chi connectivity index (χ2n) is 7.30. The molecule has 0 amide bonds. The van der Waals surface area contributed by atoms with Crippen LogP contribution in [0.3, 0.4) is 0 Å². The van der Waals surface area contributed by atoms with Crippen LogP contribution in [0.15, 0.2) is 64.4 Å². The van der Waals surface area contributed by atoms with Gasteiger partial charge in [0.15, 0.2) is 0 Å². The van der Waals surface area contributed by atoms with E-state index >= 15 is 0 Å². The van der Waals surface area contributed by atoms with Gasteiger partial charge in [-0.05, 0) is 36.1 Å². The van der Waals surface area contributed by atoms with Gasteiger partial charge in [-0.1, -0.05) is 30.3 Å². The monoisotopic (exact) mass is 376 g/mol. The zero-order valence-electron chi connectivity index (χ0n) is 15.7. The molecule has 2 aromatic carbocycles. The van der Waals surface area contributed by atoms with Gasteiger partial charge in [0.05, 0.1) is 0 Å². The molecule has 1 fully saturated rings. The lowest BCUT2D eigenvalue weighted by molar-refractivity contribution is 0.211. The second kappa shape index (κ2) is 8.35. The van der Waals surface area contributed by atoms with Crippen LogP contribution in [0, 0.1) is 0 Å². The minimum Gasteiger partial charge on any atom is -0.377 e. The van der Waals surface area contributed by atoms with Crippen molar-refractivity contribution in [2.24, 2.45) is 0 Å². The van der Waals surface area contributed by atoms with Crippen LogP contribution in [0.1, 0.15) is 24.0 Å². The number of aromatic nitrogens is 1. The lowest BCUT2D eigenvalue weighted by Gasteiger charge is -2.33. The van der Waals surface area contributed by atoms with E-state index in [-0.39, 0.29) is 6.04 Å². The highest BCUT2D eigenvalue weighted by Gasteiger charge is 2.25. The summed E-state index contributed by atoms with van der Waals surface area (Å²) in [7, 11) is 0. The fourth-order valence-corrected chi connectivity index (χ4v) is 3.67. The number of nitrogens with one attached hydrogen (secondary N) is 2. The molecule has 6 heteroatoms. The molecule has 0 radical (unpaired) electrons. The number of nitrogens with zero attached hydrogens (tertiary/aromatic N) is 2. The van der Waals surface area contributed by atoms with Crippen molar-refractivity contribution in [1.82, 2.24) is 9.88 Å². The van der Waals surface area contributed by atoms with Gasteiger partial charge >= 0.3 is 0 Å². The third-order valence-electron chi connectivity index (χ3n) is 5.31. The smallest absolute Gasteiger partial charge is 0.253 e. The molecule has 1 aliphatic heterocycles. The van der Waals surface area contributed by atoms with Crippen LogP contribution in [0.2, 0.25) is 0 Å². The van der Waals surface area contributed by atoms with E-state index in [2.05, 4.69) is 44.8 Å². The molecule has 0 atom stereocenters. The maximum absolute atomic E-state index is 12.0. The normalized spacial score (nSPS) is 15.6. The molecule has 1 aromatic heterocycles. The molecule has 0 spiro atoms. The number of hydrogen-bond donors (Lipinski definition) is 2. The molecule has 2 heterocycles. The highest BCUT2D eigenvalue weighted by molar-refractivity contribution is 5.74. The van der Waals surface area contributed by atoms with E-state index in [1.807, 2.05) is 18.2 Å². The van der Waals surface area contributed by atoms with Crippen molar-refractivity contribution in [2.45, 2.75) is 32.0 Å². The molecule has 1 saturated heterocycles. The first-order valence-corrected chi connectivity index (χ1v) is 9.69. The van der Waals surface area contributed by atoms with Gasteiger partial charge in [0.2, 0.25) is 0 Å². The summed E-state index contributed by atoms with van der Waals surface area (Å²) in [4.78, 5) is 30.4. The molecule has 0 unspecified atom stereocenters. The number of piperidine rings is 1. The first kappa shape index (κ1) is 18.4. The van der Waals surface area contributed by atoms with Crippen LogP contribution in [-0.4, -0.2) is 29.0 Å². The number of hydrogen-bond acceptors (Lipinski definition) is 6. The van der Waals surface area contributed by atoms with Crippen LogP contribution >= 0.6 is 0 Å². The van der Waals surface area contributed by atoms with Crippen molar-refractivity contribution in [3.05, 3.63) is 86.4 Å². The van der Waals surface area contributed by atoms with Crippen molar-refractivity contribution in [1.29, 1.82) is 0 Å². The minimum absolute atomic E-state index is 0.219. The first-order valence-electron chi connectivity index (χ1n) is 9.69. The Morgan fingerprint density at radius 3 is 2.29 bits per heavy atom. The Morgan fingerprint density at radius 2 is 1.57 bits per heavy atom. The van der Waals surface area contributed by atoms with E-state index < -0.39 is 10.9 Å². The number of pyridine rings is 1. The molecule has 4 rings (SSSR count). The van der Waals surface area contributed by atoms with Gasteiger partial charge < -0.3 is 10.6 Å². The average molecular weight is 376 g/mol. The summed E-state index contributed by atoms with van der Waals surface area (Å²) in [5, 5.41) is 6.42. The van der Waals surface area contributed by atoms with Crippen molar-refractivity contribution >= 4 is 11.4 Å². The Kier molecular flexibility index (Phi) is 5.48. The summed E-state index contributed by atoms with van der Waals surface area (Å²) in [5.41, 5.74) is 2.35. The molecule has 28 heavy (non-hydrogen) atoms. The number of rotatable bonds is 7. The number of benzene rings is 1. The van der Waals surface area contributed by atoms with Gasteiger partial charge in [-0.25, -0.2) is 0 Å². The van der Waals surface area contributed by atoms with Crippen LogP contribution in [-0.2, 0) is 13.1 Å². The largest absolute Gasteiger partial charge is 0.377 e. The Bertz CT molecular complexity index is 973. The van der Waals surface area contributed by atoms with Gasteiger partial charge in [0.1, 0.15) is 11.4 Å². The average Bonchev–Trinajstić information content (AvgIpc) is 2.75. The molecule has 6 nitrogen and oxygen atoms in total. The van der Waals surface area contributed by atoms with Gasteiger partial charge in [-0.2, -0.15) is 0 Å². The van der Waals surface area contributed by atoms with E-state index in [9.17, 15) is 9.59 Å². The van der Waals surface area contributed by atoms with Crippen molar-refractivity contribution < 1.29 is 0 Å². The van der Waals surface area contributed by atoms with Gasteiger partial charge in [-0.3, -0.25) is 19.5 Å². The predicted molar refractivity (Wildman–Crippen MR) is 111 cm³/mol. The Morgan fingerprint density at radius 1 is 0.893 bits per heavy atom. The minimum atomic E-state index is -0.432. The summed E-state index contributed by atoms with van der Waals surface area (Å²) in [6.07, 6.45) is 5.33. The van der Waals surface area contributed by atoms with Crippen LogP contribution in [0.5, 0.6) is 0 Å². The summed E-state index contributed by atoms with van der Waals surface area (Å²) < 4.78 is 0. The SMILES string of the molecule is O=c1c(NCc2ccncc2)c(NC2CCN(Cc3ccccc3)CC2)c1=O. The van der Waals surface area contributed by atoms with E-state index in [4.69, 9.17) is 0 Å². The van der Waals surface area contributed by atoms with E-state index in [1.54, 1.807) is 12.4 Å². The van der Waals surface area contributed by atoms with Gasteiger partial charge in [0, 0.05) is 44.6 Å². The highest BCUT2D eigenvalue weighted by atomic mass is 16.2. The van der Waals surface area contributed by atoms with Gasteiger partial charge in [-0.15, -0.1) is 0 Å². The van der Waals surface area contributed by atoms with Crippen LogP contribution in [0.25, 0.3) is 0 Å². The number of anilines is 2. The third kappa shape index (κ3) is 4.12. The maximum atomic E-state index is 12.0. The van der Waals surface area contributed by atoms with Gasteiger partial charge in [0.25, 0.3) is 10.9 Å². The molecule has 0 saturated carbocycles. The third-order valence-corrected chi connectivity index (χ3v) is 5.31. The Hall–Kier alpha value is -2.99. The summed E-state index contributed by atoms with van der Waals surface area (Å²) >= 11 is 0. The standard InChI is InChI=1S/C22H24N4O2/c27-21-19(24-14-16-6-10-23-11-7-16)20(22(21)28)25-18-8-12-26(13-9-18)15-17-4-2-1-3-5-17/h1-7,10-11,18,24-25H,8-9,12-15H2. The number of likely N-dealkylation sites (tertiary alicyclic amines) is 1. The van der Waals surface area contributed by atoms with Crippen molar-refractivity contribution in [3.63, 3.8) is 0 Å². The Labute approximate surface area is 163 Å². The molecular formula is C22H24N4O2. The van der Waals surface area contributed by atoms with Crippen molar-refractivity contribution in [2.75, 3.05) is 23.7 Å². The quantitative estimate of drug-likeness (QED) is 0.617. The fraction of sp³-hybridized carbons (Fsp3) is 0.318. The predicted octanol–water partition coefficient (Wildman–Crippen LogP) is 2.37. The van der Waals surface area contributed by atoms with Crippen LogP contribution < -0.4 is 21.5 Å². The lowest BCUT2D eigenvalue weighted by atomic mass is 10.0. The topological polar surface area (TPSA) is 74.3 Å². The van der Waals surface area contributed by atoms with E-state index in [1.165, 1.54) is 5.56 Å². The van der Waals surface area contributed by atoms with E-state index in [0.717, 1.165) is 38.0 Å². The highest BCUT2D eigenvalue weighted by Crippen LogP contribution is 2.21. The fourth-order valence-electron chi connectivity index (χ4n) is 3.67. The molecule has 0 aliphatic carbocycles. The Balaban J connectivity index is 1.31. The molecule has 2 N–H and O–H groups in total. The molecule has 3 aromatic rings. The van der Waals surface area contributed by atoms with E-state index in [0.29, 0.717) is 17.9 Å². The zero-order chi connectivity index (χ0) is 19.3. The summed E-state index contributed by atoms with van der Waals surface area (Å²) in [6, 6.07) is 14.4. The second-order valence-corrected chi connectivity index (χ2v) is 7.30. The molecule has 0 bridgehead atoms. The van der Waals surface area contributed by atoms with Crippen LogP contribution in [0.4, 0.5) is 11.4 Å². The first-order chi connectivity index (χ1) is 13.7. The molecule has 1 aliphatic rings. The zero-order valence-corrected chi connectivity index (χ0v) is 15.7. The molecular weight excluding hydrogens is 352 g/mol. The summed E-state index contributed by atoms with van der Waals surface area (Å²) in [5.74, 6) is 0. The van der Waals surface area contributed by atoms with Crippen molar-refractivity contribution in [3.8, 4) is 0 Å². The lowest BCUT2D eigenvalue weighted by Crippen LogP contribution is -2.43. The molecule has 144 valence electrons.